The van der Waals surface area contributed by atoms with Gasteiger partial charge in [0.1, 0.15) is 5.82 Å². The van der Waals surface area contributed by atoms with Gasteiger partial charge < -0.3 is 15.1 Å². The monoisotopic (exact) mass is 340 g/mol. The van der Waals surface area contributed by atoms with Gasteiger partial charge in [0.25, 0.3) is 0 Å². The van der Waals surface area contributed by atoms with Crippen LogP contribution in [-0.2, 0) is 6.61 Å². The second-order valence-corrected chi connectivity index (χ2v) is 6.95. The Morgan fingerprint density at radius 1 is 1.40 bits per heavy atom. The molecule has 0 spiro atoms. The summed E-state index contributed by atoms with van der Waals surface area (Å²) in [5.41, 5.74) is 0.379. The van der Waals surface area contributed by atoms with Crippen molar-refractivity contribution in [3.63, 3.8) is 0 Å². The second-order valence-electron chi connectivity index (χ2n) is 6.04. The largest absolute Gasteiger partial charge is 0.392 e. The average molecular weight is 341 g/mol. The topological polar surface area (TPSA) is 56.6 Å². The minimum Gasteiger partial charge on any atom is -0.392 e. The fraction of sp³-hybridized carbons (Fsp3) is 0.667. The molecule has 20 heavy (non-hydrogen) atoms. The average Bonchev–Trinajstić information content (AvgIpc) is 2.46. The molecule has 2 N–H and O–H groups in total. The maximum atomic E-state index is 10.7. The molecule has 110 valence electrons. The smallest absolute Gasteiger partial charge is 0.134 e. The van der Waals surface area contributed by atoms with Gasteiger partial charge in [-0.15, -0.1) is 0 Å². The SMILES string of the molecule is OCc1cc(Br)cnc1N1CCC2(O)CCCCC2C1. The van der Waals surface area contributed by atoms with Crippen LogP contribution in [0.15, 0.2) is 16.7 Å². The third-order valence-electron chi connectivity index (χ3n) is 4.81. The van der Waals surface area contributed by atoms with Crippen LogP contribution in [0.5, 0.6) is 0 Å². The van der Waals surface area contributed by atoms with E-state index in [1.807, 2.05) is 6.07 Å². The molecule has 0 aromatic carbocycles. The Bertz CT molecular complexity index is 497. The summed E-state index contributed by atoms with van der Waals surface area (Å²) in [7, 11) is 0. The Kier molecular flexibility index (Phi) is 4.02. The first-order valence-corrected chi connectivity index (χ1v) is 8.14. The molecule has 0 bridgehead atoms. The van der Waals surface area contributed by atoms with E-state index in [1.165, 1.54) is 6.42 Å². The Morgan fingerprint density at radius 3 is 3.05 bits per heavy atom. The van der Waals surface area contributed by atoms with E-state index in [-0.39, 0.29) is 6.61 Å². The van der Waals surface area contributed by atoms with Crippen molar-refractivity contribution in [2.75, 3.05) is 18.0 Å². The third kappa shape index (κ3) is 2.59. The van der Waals surface area contributed by atoms with Crippen molar-refractivity contribution in [2.45, 2.75) is 44.3 Å². The van der Waals surface area contributed by atoms with Crippen LogP contribution >= 0.6 is 15.9 Å². The molecule has 1 saturated heterocycles. The van der Waals surface area contributed by atoms with Crippen molar-refractivity contribution in [3.05, 3.63) is 22.3 Å². The number of anilines is 1. The van der Waals surface area contributed by atoms with Crippen LogP contribution in [0.25, 0.3) is 0 Å². The molecule has 5 heteroatoms. The zero-order valence-electron chi connectivity index (χ0n) is 11.6. The summed E-state index contributed by atoms with van der Waals surface area (Å²) in [5.74, 6) is 1.20. The van der Waals surface area contributed by atoms with Gasteiger partial charge in [-0.05, 0) is 41.3 Å². The van der Waals surface area contributed by atoms with Crippen molar-refractivity contribution < 1.29 is 10.2 Å². The summed E-state index contributed by atoms with van der Waals surface area (Å²) >= 11 is 3.39. The minimum atomic E-state index is -0.469. The molecule has 1 aromatic rings. The number of hydrogen-bond donors (Lipinski definition) is 2. The second kappa shape index (κ2) is 5.62. The molecule has 1 aromatic heterocycles. The van der Waals surface area contributed by atoms with Crippen LogP contribution in [0, 0.1) is 5.92 Å². The highest BCUT2D eigenvalue weighted by molar-refractivity contribution is 9.10. The zero-order chi connectivity index (χ0) is 14.2. The number of nitrogens with zero attached hydrogens (tertiary/aromatic N) is 2. The van der Waals surface area contributed by atoms with Gasteiger partial charge in [0.05, 0.1) is 12.2 Å². The molecular weight excluding hydrogens is 320 g/mol. The number of pyridine rings is 1. The maximum absolute atomic E-state index is 10.7. The summed E-state index contributed by atoms with van der Waals surface area (Å²) in [5, 5.41) is 20.2. The molecule has 3 rings (SSSR count). The molecule has 1 aliphatic heterocycles. The zero-order valence-corrected chi connectivity index (χ0v) is 13.1. The first-order chi connectivity index (χ1) is 9.62. The van der Waals surface area contributed by atoms with E-state index in [4.69, 9.17) is 0 Å². The number of piperidine rings is 1. The number of aromatic nitrogens is 1. The molecule has 2 fully saturated rings. The quantitative estimate of drug-likeness (QED) is 0.868. The van der Waals surface area contributed by atoms with Crippen LogP contribution < -0.4 is 4.90 Å². The molecule has 4 nitrogen and oxygen atoms in total. The van der Waals surface area contributed by atoms with E-state index in [0.717, 1.165) is 54.6 Å². The van der Waals surface area contributed by atoms with Crippen LogP contribution in [0.2, 0.25) is 0 Å². The lowest BCUT2D eigenvalue weighted by atomic mass is 9.71. The van der Waals surface area contributed by atoms with Gasteiger partial charge in [0.15, 0.2) is 0 Å². The summed E-state index contributed by atoms with van der Waals surface area (Å²) in [6.07, 6.45) is 6.97. The van der Waals surface area contributed by atoms with Crippen LogP contribution in [0.3, 0.4) is 0 Å². The number of aliphatic hydroxyl groups excluding tert-OH is 1. The Labute approximate surface area is 128 Å². The van der Waals surface area contributed by atoms with E-state index in [0.29, 0.717) is 5.92 Å². The normalized spacial score (nSPS) is 30.1. The number of fused-ring (bicyclic) bond motifs is 1. The predicted molar refractivity (Wildman–Crippen MR) is 81.6 cm³/mol. The summed E-state index contributed by atoms with van der Waals surface area (Å²) < 4.78 is 0.886. The van der Waals surface area contributed by atoms with Crippen molar-refractivity contribution in [1.29, 1.82) is 0 Å². The lowest BCUT2D eigenvalue weighted by Crippen LogP contribution is -2.53. The summed E-state index contributed by atoms with van der Waals surface area (Å²) in [6, 6.07) is 1.92. The van der Waals surface area contributed by atoms with Crippen molar-refractivity contribution in [1.82, 2.24) is 4.98 Å². The minimum absolute atomic E-state index is 0.00674. The van der Waals surface area contributed by atoms with Gasteiger partial charge in [-0.3, -0.25) is 0 Å². The van der Waals surface area contributed by atoms with Gasteiger partial charge in [0.2, 0.25) is 0 Å². The molecule has 0 radical (unpaired) electrons. The lowest BCUT2D eigenvalue weighted by molar-refractivity contribution is -0.0614. The first kappa shape index (κ1) is 14.3. The first-order valence-electron chi connectivity index (χ1n) is 7.35. The molecule has 2 aliphatic rings. The standard InChI is InChI=1S/C15H21BrN2O2/c16-13-7-11(10-19)14(17-8-13)18-6-5-15(20)4-2-1-3-12(15)9-18/h7-8,12,19-20H,1-6,9-10H2. The highest BCUT2D eigenvalue weighted by Crippen LogP contribution is 2.41. The number of halogens is 1. The highest BCUT2D eigenvalue weighted by atomic mass is 79.9. The summed E-state index contributed by atoms with van der Waals surface area (Å²) in [4.78, 5) is 6.70. The van der Waals surface area contributed by atoms with Crippen molar-refractivity contribution >= 4 is 21.7 Å². The van der Waals surface area contributed by atoms with E-state index < -0.39 is 5.60 Å². The van der Waals surface area contributed by atoms with Gasteiger partial charge >= 0.3 is 0 Å². The Balaban J connectivity index is 1.82. The van der Waals surface area contributed by atoms with E-state index in [1.54, 1.807) is 6.20 Å². The number of aliphatic hydroxyl groups is 2. The van der Waals surface area contributed by atoms with Gasteiger partial charge in [-0.25, -0.2) is 4.98 Å². The number of rotatable bonds is 2. The Morgan fingerprint density at radius 2 is 2.25 bits per heavy atom. The van der Waals surface area contributed by atoms with E-state index in [9.17, 15) is 10.2 Å². The van der Waals surface area contributed by atoms with Crippen LogP contribution in [0.4, 0.5) is 5.82 Å². The van der Waals surface area contributed by atoms with Crippen molar-refractivity contribution in [2.24, 2.45) is 5.92 Å². The van der Waals surface area contributed by atoms with Crippen LogP contribution in [0.1, 0.15) is 37.7 Å². The fourth-order valence-electron chi connectivity index (χ4n) is 3.64. The fourth-order valence-corrected chi connectivity index (χ4v) is 4.02. The Hall–Kier alpha value is -0.650. The predicted octanol–water partition coefficient (Wildman–Crippen LogP) is 2.47. The summed E-state index contributed by atoms with van der Waals surface area (Å²) in [6.45, 7) is 1.65. The highest BCUT2D eigenvalue weighted by Gasteiger charge is 2.43. The maximum Gasteiger partial charge on any atom is 0.134 e. The number of hydrogen-bond acceptors (Lipinski definition) is 4. The van der Waals surface area contributed by atoms with E-state index >= 15 is 0 Å². The molecule has 1 saturated carbocycles. The van der Waals surface area contributed by atoms with Crippen molar-refractivity contribution in [3.8, 4) is 0 Å². The van der Waals surface area contributed by atoms with Gasteiger partial charge in [0, 0.05) is 35.2 Å². The molecule has 2 heterocycles. The molecule has 0 amide bonds. The molecule has 2 unspecified atom stereocenters. The van der Waals surface area contributed by atoms with Gasteiger partial charge in [-0.1, -0.05) is 12.8 Å². The third-order valence-corrected chi connectivity index (χ3v) is 5.24. The molecule has 2 atom stereocenters. The lowest BCUT2D eigenvalue weighted by Gasteiger charge is -2.48. The van der Waals surface area contributed by atoms with E-state index in [2.05, 4.69) is 25.8 Å². The van der Waals surface area contributed by atoms with Crippen LogP contribution in [-0.4, -0.2) is 33.9 Å². The molecule has 1 aliphatic carbocycles. The van der Waals surface area contributed by atoms with Gasteiger partial charge in [-0.2, -0.15) is 0 Å². The molecular formula is C15H21BrN2O2.